The van der Waals surface area contributed by atoms with E-state index in [0.717, 1.165) is 24.3 Å². The number of hydrogen-bond acceptors (Lipinski definition) is 4. The third-order valence-electron chi connectivity index (χ3n) is 5.12. The van der Waals surface area contributed by atoms with Crippen molar-refractivity contribution in [3.8, 4) is 0 Å². The predicted molar refractivity (Wildman–Crippen MR) is 87.9 cm³/mol. The Morgan fingerprint density at radius 2 is 2.23 bits per heavy atom. The van der Waals surface area contributed by atoms with Crippen molar-refractivity contribution >= 4 is 11.2 Å². The number of pyridine rings is 1. The van der Waals surface area contributed by atoms with Gasteiger partial charge in [0.2, 0.25) is 0 Å². The van der Waals surface area contributed by atoms with Crippen LogP contribution in [0.15, 0.2) is 18.3 Å². The Morgan fingerprint density at radius 1 is 1.32 bits per heavy atom. The van der Waals surface area contributed by atoms with Crippen molar-refractivity contribution in [3.05, 3.63) is 24.2 Å². The highest BCUT2D eigenvalue weighted by Gasteiger charge is 2.33. The Hall–Kier alpha value is -1.46. The van der Waals surface area contributed by atoms with Crippen LogP contribution in [0.1, 0.15) is 51.0 Å². The van der Waals surface area contributed by atoms with Crippen LogP contribution in [-0.4, -0.2) is 45.1 Å². The second kappa shape index (κ2) is 5.63. The number of aromatic nitrogens is 3. The molecule has 1 N–H and O–H groups in total. The molecular weight excluding hydrogens is 274 g/mol. The Bertz CT molecular complexity index is 656. The fourth-order valence-corrected chi connectivity index (χ4v) is 4.06. The maximum atomic E-state index is 4.97. The molecule has 0 saturated carbocycles. The van der Waals surface area contributed by atoms with Crippen molar-refractivity contribution in [2.24, 2.45) is 0 Å². The maximum absolute atomic E-state index is 4.97. The highest BCUT2D eigenvalue weighted by molar-refractivity contribution is 5.71. The Morgan fingerprint density at radius 3 is 3.00 bits per heavy atom. The van der Waals surface area contributed by atoms with Gasteiger partial charge in [-0.3, -0.25) is 9.47 Å². The molecule has 2 atom stereocenters. The predicted octanol–water partition coefficient (Wildman–Crippen LogP) is 2.51. The largest absolute Gasteiger partial charge is 0.316 e. The molecule has 0 amide bonds. The molecule has 5 heteroatoms. The molecule has 4 rings (SSSR count). The third-order valence-corrected chi connectivity index (χ3v) is 5.12. The van der Waals surface area contributed by atoms with Gasteiger partial charge in [-0.15, -0.1) is 0 Å². The van der Waals surface area contributed by atoms with E-state index in [9.17, 15) is 0 Å². The second-order valence-corrected chi connectivity index (χ2v) is 6.83. The average molecular weight is 299 g/mol. The van der Waals surface area contributed by atoms with Gasteiger partial charge in [-0.2, -0.15) is 0 Å². The summed E-state index contributed by atoms with van der Waals surface area (Å²) in [5.74, 6) is 1.75. The summed E-state index contributed by atoms with van der Waals surface area (Å²) in [6, 6.07) is 4.65. The first kappa shape index (κ1) is 14.2. The van der Waals surface area contributed by atoms with E-state index < -0.39 is 0 Å². The zero-order valence-corrected chi connectivity index (χ0v) is 13.5. The monoisotopic (exact) mass is 299 g/mol. The topological polar surface area (TPSA) is 46.0 Å². The lowest BCUT2D eigenvalue weighted by atomic mass is 10.1. The molecule has 2 fully saturated rings. The molecule has 2 aromatic heterocycles. The highest BCUT2D eigenvalue weighted by Crippen LogP contribution is 2.35. The molecule has 2 aromatic rings. The van der Waals surface area contributed by atoms with Crippen molar-refractivity contribution < 1.29 is 0 Å². The molecule has 118 valence electrons. The minimum atomic E-state index is 0.412. The molecule has 22 heavy (non-hydrogen) atoms. The Balaban J connectivity index is 1.85. The minimum absolute atomic E-state index is 0.412. The van der Waals surface area contributed by atoms with Crippen LogP contribution in [0.4, 0.5) is 0 Å². The van der Waals surface area contributed by atoms with Gasteiger partial charge >= 0.3 is 0 Å². The summed E-state index contributed by atoms with van der Waals surface area (Å²) in [5, 5.41) is 3.48. The van der Waals surface area contributed by atoms with Crippen molar-refractivity contribution in [2.45, 2.75) is 51.2 Å². The first-order valence-electron chi connectivity index (χ1n) is 8.55. The first-order chi connectivity index (χ1) is 10.8. The van der Waals surface area contributed by atoms with Crippen molar-refractivity contribution in [2.75, 3.05) is 19.6 Å². The van der Waals surface area contributed by atoms with Gasteiger partial charge in [0.15, 0.2) is 5.65 Å². The summed E-state index contributed by atoms with van der Waals surface area (Å²) < 4.78 is 2.44. The van der Waals surface area contributed by atoms with Crippen LogP contribution in [0.5, 0.6) is 0 Å². The summed E-state index contributed by atoms with van der Waals surface area (Å²) in [6.45, 7) is 7.90. The van der Waals surface area contributed by atoms with E-state index >= 15 is 0 Å². The van der Waals surface area contributed by atoms with Gasteiger partial charge in [-0.25, -0.2) is 9.97 Å². The van der Waals surface area contributed by atoms with E-state index in [4.69, 9.17) is 4.98 Å². The fourth-order valence-electron chi connectivity index (χ4n) is 4.06. The molecule has 4 heterocycles. The van der Waals surface area contributed by atoms with Crippen LogP contribution in [0, 0.1) is 0 Å². The van der Waals surface area contributed by atoms with Crippen LogP contribution >= 0.6 is 0 Å². The van der Waals surface area contributed by atoms with E-state index in [1.165, 1.54) is 31.6 Å². The normalized spacial score (nSPS) is 26.5. The van der Waals surface area contributed by atoms with Gasteiger partial charge < -0.3 is 5.32 Å². The molecule has 0 spiro atoms. The van der Waals surface area contributed by atoms with Crippen molar-refractivity contribution in [3.63, 3.8) is 0 Å². The summed E-state index contributed by atoms with van der Waals surface area (Å²) >= 11 is 0. The lowest BCUT2D eigenvalue weighted by Crippen LogP contribution is -2.34. The molecular formula is C17H25N5. The standard InChI is InChI=1S/C17H25N5/c1-12(2)21-10-4-6-15(21)22-16(13-7-9-18-11-13)20-14-5-3-8-19-17(14)22/h3,5,8,12-13,15,18H,4,6-7,9-11H2,1-2H3. The summed E-state index contributed by atoms with van der Waals surface area (Å²) in [4.78, 5) is 12.2. The number of nitrogens with one attached hydrogen (secondary N) is 1. The smallest absolute Gasteiger partial charge is 0.161 e. The van der Waals surface area contributed by atoms with Gasteiger partial charge in [0, 0.05) is 31.2 Å². The lowest BCUT2D eigenvalue weighted by molar-refractivity contribution is 0.151. The summed E-state index contributed by atoms with van der Waals surface area (Å²) in [5.41, 5.74) is 2.10. The van der Waals surface area contributed by atoms with E-state index in [0.29, 0.717) is 18.1 Å². The summed E-state index contributed by atoms with van der Waals surface area (Å²) in [7, 11) is 0. The molecule has 2 unspecified atom stereocenters. The van der Waals surface area contributed by atoms with Gasteiger partial charge in [0.05, 0.1) is 6.17 Å². The van der Waals surface area contributed by atoms with Crippen LogP contribution in [0.2, 0.25) is 0 Å². The molecule has 5 nitrogen and oxygen atoms in total. The number of fused-ring (bicyclic) bond motifs is 1. The number of hydrogen-bond donors (Lipinski definition) is 1. The Labute approximate surface area is 131 Å². The number of imidazole rings is 1. The molecule has 0 radical (unpaired) electrons. The van der Waals surface area contributed by atoms with Gasteiger partial charge in [-0.1, -0.05) is 0 Å². The number of nitrogens with zero attached hydrogens (tertiary/aromatic N) is 4. The Kier molecular flexibility index (Phi) is 3.62. The van der Waals surface area contributed by atoms with E-state index in [1.807, 2.05) is 12.3 Å². The molecule has 2 aliphatic rings. The minimum Gasteiger partial charge on any atom is -0.316 e. The fraction of sp³-hybridized carbons (Fsp3) is 0.647. The van der Waals surface area contributed by atoms with Crippen molar-refractivity contribution in [1.29, 1.82) is 0 Å². The van der Waals surface area contributed by atoms with Crippen LogP contribution in [0.25, 0.3) is 11.2 Å². The quantitative estimate of drug-likeness (QED) is 0.946. The van der Waals surface area contributed by atoms with Crippen LogP contribution < -0.4 is 5.32 Å². The maximum Gasteiger partial charge on any atom is 0.161 e. The van der Waals surface area contributed by atoms with Crippen LogP contribution in [0.3, 0.4) is 0 Å². The number of rotatable bonds is 3. The SMILES string of the molecule is CC(C)N1CCCC1n1c(C2CCNC2)nc2cccnc21. The highest BCUT2D eigenvalue weighted by atomic mass is 15.4. The molecule has 2 saturated heterocycles. The van der Waals surface area contributed by atoms with Gasteiger partial charge in [0.1, 0.15) is 11.3 Å². The molecule has 2 aliphatic heterocycles. The lowest BCUT2D eigenvalue weighted by Gasteiger charge is -2.31. The number of likely N-dealkylation sites (tertiary alicyclic amines) is 1. The molecule has 0 bridgehead atoms. The van der Waals surface area contributed by atoms with Crippen molar-refractivity contribution in [1.82, 2.24) is 24.8 Å². The molecule has 0 aliphatic carbocycles. The van der Waals surface area contributed by atoms with E-state index in [2.05, 4.69) is 39.7 Å². The van der Waals surface area contributed by atoms with E-state index in [1.54, 1.807) is 0 Å². The van der Waals surface area contributed by atoms with Crippen LogP contribution in [-0.2, 0) is 0 Å². The first-order valence-corrected chi connectivity index (χ1v) is 8.55. The zero-order chi connectivity index (χ0) is 15.1. The van der Waals surface area contributed by atoms with Gasteiger partial charge in [-0.05, 0) is 51.8 Å². The van der Waals surface area contributed by atoms with E-state index in [-0.39, 0.29) is 0 Å². The van der Waals surface area contributed by atoms with Gasteiger partial charge in [0.25, 0.3) is 0 Å². The second-order valence-electron chi connectivity index (χ2n) is 6.83. The third kappa shape index (κ3) is 2.23. The average Bonchev–Trinajstić information content (AvgIpc) is 3.24. The molecule has 0 aromatic carbocycles. The zero-order valence-electron chi connectivity index (χ0n) is 13.5. The summed E-state index contributed by atoms with van der Waals surface area (Å²) in [6.07, 6.45) is 5.95.